The summed E-state index contributed by atoms with van der Waals surface area (Å²) in [4.78, 5) is 16.5. The topological polar surface area (TPSA) is 100 Å². The molecule has 1 fully saturated rings. The van der Waals surface area contributed by atoms with Crippen molar-refractivity contribution in [1.29, 1.82) is 0 Å². The molecule has 0 unspecified atom stereocenters. The van der Waals surface area contributed by atoms with Crippen LogP contribution < -0.4 is 16.4 Å². The van der Waals surface area contributed by atoms with E-state index in [1.807, 2.05) is 13.8 Å². The first-order valence-electron chi connectivity index (χ1n) is 5.97. The van der Waals surface area contributed by atoms with Crippen molar-refractivity contribution in [3.63, 3.8) is 0 Å². The number of aromatic nitrogens is 1. The molecule has 1 aliphatic rings. The fourth-order valence-electron chi connectivity index (χ4n) is 1.76. The molecule has 1 aromatic heterocycles. The highest BCUT2D eigenvalue weighted by Gasteiger charge is 2.29. The van der Waals surface area contributed by atoms with Gasteiger partial charge in [0, 0.05) is 12.1 Å². The Bertz CT molecular complexity index is 440. The first-order chi connectivity index (χ1) is 8.45. The number of anilines is 2. The average molecular weight is 270 g/mol. The Morgan fingerprint density at radius 1 is 1.56 bits per heavy atom. The van der Waals surface area contributed by atoms with Gasteiger partial charge in [-0.05, 0) is 26.7 Å². The molecule has 1 aliphatic carbocycles. The predicted molar refractivity (Wildman–Crippen MR) is 71.8 cm³/mol. The first-order valence-corrected chi connectivity index (χ1v) is 6.79. The molecule has 0 atom stereocenters. The number of nitrogens with one attached hydrogen (secondary N) is 2. The maximum absolute atomic E-state index is 11.9. The zero-order chi connectivity index (χ0) is 13.3. The minimum Gasteiger partial charge on any atom is -0.393 e. The molecule has 0 bridgehead atoms. The normalized spacial score (nSPS) is 22.7. The molecule has 0 aromatic carbocycles. The Morgan fingerprint density at radius 2 is 2.22 bits per heavy atom. The number of rotatable bonds is 4. The van der Waals surface area contributed by atoms with E-state index in [0.29, 0.717) is 22.9 Å². The summed E-state index contributed by atoms with van der Waals surface area (Å²) in [7, 11) is 0. The lowest BCUT2D eigenvalue weighted by molar-refractivity contribution is 0.0565. The van der Waals surface area contributed by atoms with Crippen molar-refractivity contribution >= 4 is 28.2 Å². The summed E-state index contributed by atoms with van der Waals surface area (Å²) in [6.45, 7) is 3.99. The van der Waals surface area contributed by atoms with Crippen molar-refractivity contribution in [1.82, 2.24) is 10.3 Å². The van der Waals surface area contributed by atoms with Gasteiger partial charge in [0.2, 0.25) is 0 Å². The standard InChI is InChI=1S/C11H18N4O2S/c1-5(2)13-11-15-9(12)8(18-11)10(17)14-6-3-7(16)4-6/h5-7,16H,3-4,12H2,1-2H3,(H,13,15)(H,14,17). The van der Waals surface area contributed by atoms with Crippen LogP contribution in [0.25, 0.3) is 0 Å². The van der Waals surface area contributed by atoms with E-state index in [0.717, 1.165) is 0 Å². The molecular formula is C11H18N4O2S. The number of carbonyl (C=O) groups is 1. The number of nitrogens with two attached hydrogens (primary N) is 1. The molecule has 0 radical (unpaired) electrons. The van der Waals surface area contributed by atoms with Gasteiger partial charge in [0.1, 0.15) is 10.7 Å². The Hall–Kier alpha value is -1.34. The fraction of sp³-hybridized carbons (Fsp3) is 0.636. The minimum absolute atomic E-state index is 0.0514. The van der Waals surface area contributed by atoms with Crippen LogP contribution in [-0.2, 0) is 0 Å². The van der Waals surface area contributed by atoms with Gasteiger partial charge < -0.3 is 21.5 Å². The molecule has 0 aliphatic heterocycles. The summed E-state index contributed by atoms with van der Waals surface area (Å²) in [5, 5.41) is 15.8. The van der Waals surface area contributed by atoms with Gasteiger partial charge in [0.05, 0.1) is 6.10 Å². The van der Waals surface area contributed by atoms with Crippen LogP contribution in [0.2, 0.25) is 0 Å². The molecule has 0 saturated heterocycles. The predicted octanol–water partition coefficient (Wildman–Crippen LogP) is 0.799. The summed E-state index contributed by atoms with van der Waals surface area (Å²) in [6, 6.07) is 0.295. The summed E-state index contributed by atoms with van der Waals surface area (Å²) in [5.41, 5.74) is 5.73. The zero-order valence-electron chi connectivity index (χ0n) is 10.4. The highest BCUT2D eigenvalue weighted by molar-refractivity contribution is 7.18. The van der Waals surface area contributed by atoms with Crippen LogP contribution in [0.1, 0.15) is 36.4 Å². The lowest BCUT2D eigenvalue weighted by atomic mass is 9.89. The monoisotopic (exact) mass is 270 g/mol. The van der Waals surface area contributed by atoms with Crippen molar-refractivity contribution in [2.24, 2.45) is 0 Å². The Labute approximate surface area is 110 Å². The summed E-state index contributed by atoms with van der Waals surface area (Å²) >= 11 is 1.25. The molecule has 1 heterocycles. The number of hydrogen-bond donors (Lipinski definition) is 4. The van der Waals surface area contributed by atoms with E-state index in [1.54, 1.807) is 0 Å². The molecular weight excluding hydrogens is 252 g/mol. The zero-order valence-corrected chi connectivity index (χ0v) is 11.3. The molecule has 18 heavy (non-hydrogen) atoms. The third-order valence-corrected chi connectivity index (χ3v) is 3.72. The third kappa shape index (κ3) is 2.91. The second-order valence-corrected chi connectivity index (χ2v) is 5.83. The first kappa shape index (κ1) is 13.1. The van der Waals surface area contributed by atoms with Crippen molar-refractivity contribution in [3.8, 4) is 0 Å². The number of carbonyl (C=O) groups excluding carboxylic acids is 1. The van der Waals surface area contributed by atoms with E-state index in [2.05, 4.69) is 15.6 Å². The van der Waals surface area contributed by atoms with Gasteiger partial charge in [-0.2, -0.15) is 0 Å². The van der Waals surface area contributed by atoms with Gasteiger partial charge in [-0.15, -0.1) is 0 Å². The molecule has 100 valence electrons. The molecule has 6 nitrogen and oxygen atoms in total. The quantitative estimate of drug-likeness (QED) is 0.648. The van der Waals surface area contributed by atoms with Crippen molar-refractivity contribution < 1.29 is 9.90 Å². The van der Waals surface area contributed by atoms with Gasteiger partial charge in [0.15, 0.2) is 5.13 Å². The van der Waals surface area contributed by atoms with Crippen LogP contribution in [0.4, 0.5) is 10.9 Å². The van der Waals surface area contributed by atoms with E-state index in [4.69, 9.17) is 10.8 Å². The molecule has 0 spiro atoms. The molecule has 1 amide bonds. The van der Waals surface area contributed by atoms with E-state index < -0.39 is 0 Å². The molecule has 7 heteroatoms. The molecule has 2 rings (SSSR count). The largest absolute Gasteiger partial charge is 0.393 e. The van der Waals surface area contributed by atoms with Crippen LogP contribution in [0.5, 0.6) is 0 Å². The lowest BCUT2D eigenvalue weighted by Crippen LogP contribution is -2.46. The number of aliphatic hydroxyl groups excluding tert-OH is 1. The summed E-state index contributed by atoms with van der Waals surface area (Å²) in [6.07, 6.45) is 0.940. The highest BCUT2D eigenvalue weighted by Crippen LogP contribution is 2.27. The van der Waals surface area contributed by atoms with Crippen LogP contribution in [0, 0.1) is 0 Å². The van der Waals surface area contributed by atoms with Crippen molar-refractivity contribution in [3.05, 3.63) is 4.88 Å². The second-order valence-electron chi connectivity index (χ2n) is 4.83. The van der Waals surface area contributed by atoms with Gasteiger partial charge in [-0.3, -0.25) is 4.79 Å². The minimum atomic E-state index is -0.285. The van der Waals surface area contributed by atoms with Gasteiger partial charge in [-0.25, -0.2) is 4.98 Å². The molecule has 5 N–H and O–H groups in total. The van der Waals surface area contributed by atoms with Gasteiger partial charge >= 0.3 is 0 Å². The number of aliphatic hydroxyl groups is 1. The summed E-state index contributed by atoms with van der Waals surface area (Å²) < 4.78 is 0. The van der Waals surface area contributed by atoms with Gasteiger partial charge in [0.25, 0.3) is 5.91 Å². The molecule has 1 aromatic rings. The number of thiazole rings is 1. The van der Waals surface area contributed by atoms with Crippen LogP contribution in [0.3, 0.4) is 0 Å². The third-order valence-electron chi connectivity index (χ3n) is 2.72. The van der Waals surface area contributed by atoms with E-state index in [1.165, 1.54) is 11.3 Å². The number of nitrogen functional groups attached to an aromatic ring is 1. The maximum atomic E-state index is 11.9. The van der Waals surface area contributed by atoms with Crippen LogP contribution >= 0.6 is 11.3 Å². The average Bonchev–Trinajstić information content (AvgIpc) is 2.56. The Kier molecular flexibility index (Phi) is 3.72. The van der Waals surface area contributed by atoms with Crippen LogP contribution in [0.15, 0.2) is 0 Å². The smallest absolute Gasteiger partial charge is 0.265 e. The summed E-state index contributed by atoms with van der Waals surface area (Å²) in [5.74, 6) is 0.0410. The molecule has 1 saturated carbocycles. The fourth-order valence-corrected chi connectivity index (χ4v) is 2.69. The Morgan fingerprint density at radius 3 is 2.78 bits per heavy atom. The number of hydrogen-bond acceptors (Lipinski definition) is 6. The highest BCUT2D eigenvalue weighted by atomic mass is 32.1. The van der Waals surface area contributed by atoms with Crippen molar-refractivity contribution in [2.75, 3.05) is 11.1 Å². The lowest BCUT2D eigenvalue weighted by Gasteiger charge is -2.31. The number of amides is 1. The SMILES string of the molecule is CC(C)Nc1nc(N)c(C(=O)NC2CC(O)C2)s1. The van der Waals surface area contributed by atoms with Crippen molar-refractivity contribution in [2.45, 2.75) is 44.9 Å². The van der Waals surface area contributed by atoms with E-state index in [-0.39, 0.29) is 29.9 Å². The second kappa shape index (κ2) is 5.11. The van der Waals surface area contributed by atoms with E-state index >= 15 is 0 Å². The Balaban J connectivity index is 1.99. The maximum Gasteiger partial charge on any atom is 0.265 e. The van der Waals surface area contributed by atoms with Crippen LogP contribution in [-0.4, -0.2) is 34.2 Å². The number of nitrogens with zero attached hydrogens (tertiary/aromatic N) is 1. The van der Waals surface area contributed by atoms with Gasteiger partial charge in [-0.1, -0.05) is 11.3 Å². The van der Waals surface area contributed by atoms with E-state index in [9.17, 15) is 4.79 Å².